The molecular weight excluding hydrogens is 298 g/mol. The van der Waals surface area contributed by atoms with E-state index in [9.17, 15) is 10.1 Å². The number of aryl methyl sites for hydroxylation is 3. The van der Waals surface area contributed by atoms with E-state index in [2.05, 4.69) is 29.7 Å². The predicted molar refractivity (Wildman–Crippen MR) is 93.6 cm³/mol. The summed E-state index contributed by atoms with van der Waals surface area (Å²) in [6.45, 7) is 6.10. The average Bonchev–Trinajstić information content (AvgIpc) is 2.43. The zero-order valence-electron chi connectivity index (χ0n) is 12.6. The van der Waals surface area contributed by atoms with Gasteiger partial charge in [-0.3, -0.25) is 10.1 Å². The minimum Gasteiger partial charge on any atom is -0.332 e. The monoisotopic (exact) mass is 315 g/mol. The molecule has 0 amide bonds. The van der Waals surface area contributed by atoms with Gasteiger partial charge in [0.05, 0.1) is 4.92 Å². The molecule has 0 heterocycles. The molecule has 0 saturated carbocycles. The summed E-state index contributed by atoms with van der Waals surface area (Å²) in [6.07, 6.45) is 0. The van der Waals surface area contributed by atoms with E-state index >= 15 is 0 Å². The van der Waals surface area contributed by atoms with Crippen LogP contribution in [-0.2, 0) is 0 Å². The summed E-state index contributed by atoms with van der Waals surface area (Å²) >= 11 is 5.30. The van der Waals surface area contributed by atoms with Crippen molar-refractivity contribution in [2.45, 2.75) is 20.8 Å². The largest absolute Gasteiger partial charge is 0.332 e. The Bertz CT molecular complexity index is 704. The number of hydrogen-bond acceptors (Lipinski definition) is 3. The number of rotatable bonds is 3. The van der Waals surface area contributed by atoms with Crippen molar-refractivity contribution in [2.75, 3.05) is 10.6 Å². The van der Waals surface area contributed by atoms with Crippen molar-refractivity contribution in [3.05, 3.63) is 63.2 Å². The standard InChI is InChI=1S/C16H17N3O2S/c1-10-8-11(2)15(12(3)9-10)18-16(22)17-13-4-6-14(7-5-13)19(20)21/h4-9H,1-3H3,(H2,17,18,22). The van der Waals surface area contributed by atoms with E-state index in [0.29, 0.717) is 10.8 Å². The van der Waals surface area contributed by atoms with Crippen LogP contribution in [-0.4, -0.2) is 10.0 Å². The van der Waals surface area contributed by atoms with Crippen molar-refractivity contribution in [1.29, 1.82) is 0 Å². The fraction of sp³-hybridized carbons (Fsp3) is 0.188. The molecule has 2 N–H and O–H groups in total. The van der Waals surface area contributed by atoms with Gasteiger partial charge in [-0.05, 0) is 56.2 Å². The number of nitro benzene ring substituents is 1. The quantitative estimate of drug-likeness (QED) is 0.501. The normalized spacial score (nSPS) is 10.1. The summed E-state index contributed by atoms with van der Waals surface area (Å²) in [7, 11) is 0. The van der Waals surface area contributed by atoms with Crippen LogP contribution in [0.2, 0.25) is 0 Å². The molecule has 0 bridgehead atoms. The molecule has 0 atom stereocenters. The van der Waals surface area contributed by atoms with Gasteiger partial charge in [0.1, 0.15) is 0 Å². The van der Waals surface area contributed by atoms with Gasteiger partial charge in [-0.1, -0.05) is 17.7 Å². The Kier molecular flexibility index (Phi) is 4.72. The van der Waals surface area contributed by atoms with Crippen molar-refractivity contribution in [2.24, 2.45) is 0 Å². The number of anilines is 2. The van der Waals surface area contributed by atoms with E-state index in [1.165, 1.54) is 17.7 Å². The highest BCUT2D eigenvalue weighted by Crippen LogP contribution is 2.22. The van der Waals surface area contributed by atoms with Crippen LogP contribution in [0, 0.1) is 30.9 Å². The Hall–Kier alpha value is -2.47. The molecule has 114 valence electrons. The summed E-state index contributed by atoms with van der Waals surface area (Å²) in [6, 6.07) is 10.3. The molecule has 0 aliphatic rings. The summed E-state index contributed by atoms with van der Waals surface area (Å²) in [5.74, 6) is 0. The van der Waals surface area contributed by atoms with E-state index < -0.39 is 4.92 Å². The first-order valence-corrected chi connectivity index (χ1v) is 7.18. The fourth-order valence-corrected chi connectivity index (χ4v) is 2.54. The Morgan fingerprint density at radius 3 is 2.09 bits per heavy atom. The van der Waals surface area contributed by atoms with Crippen LogP contribution in [0.4, 0.5) is 17.1 Å². The van der Waals surface area contributed by atoms with Crippen molar-refractivity contribution in [3.63, 3.8) is 0 Å². The molecule has 6 heteroatoms. The zero-order chi connectivity index (χ0) is 16.3. The number of nitrogens with one attached hydrogen (secondary N) is 2. The predicted octanol–water partition coefficient (Wildman–Crippen LogP) is 4.33. The molecule has 0 fully saturated rings. The number of hydrogen-bond donors (Lipinski definition) is 2. The minimum absolute atomic E-state index is 0.0506. The van der Waals surface area contributed by atoms with Gasteiger partial charge >= 0.3 is 0 Å². The number of benzene rings is 2. The number of nitrogens with zero attached hydrogens (tertiary/aromatic N) is 1. The van der Waals surface area contributed by atoms with Crippen molar-refractivity contribution in [3.8, 4) is 0 Å². The molecule has 0 radical (unpaired) electrons. The number of non-ortho nitro benzene ring substituents is 1. The fourth-order valence-electron chi connectivity index (χ4n) is 2.32. The van der Waals surface area contributed by atoms with E-state index in [1.54, 1.807) is 12.1 Å². The second kappa shape index (κ2) is 6.53. The molecule has 0 spiro atoms. The maximum Gasteiger partial charge on any atom is 0.269 e. The van der Waals surface area contributed by atoms with Gasteiger partial charge in [-0.25, -0.2) is 0 Å². The summed E-state index contributed by atoms with van der Waals surface area (Å²) in [5, 5.41) is 17.3. The van der Waals surface area contributed by atoms with Gasteiger partial charge in [0.25, 0.3) is 5.69 Å². The van der Waals surface area contributed by atoms with Crippen LogP contribution >= 0.6 is 12.2 Å². The highest BCUT2D eigenvalue weighted by Gasteiger charge is 2.07. The van der Waals surface area contributed by atoms with Gasteiger partial charge in [-0.15, -0.1) is 0 Å². The Balaban J connectivity index is 2.09. The molecule has 22 heavy (non-hydrogen) atoms. The smallest absolute Gasteiger partial charge is 0.269 e. The first-order chi connectivity index (χ1) is 10.4. The highest BCUT2D eigenvalue weighted by molar-refractivity contribution is 7.80. The topological polar surface area (TPSA) is 67.2 Å². The molecule has 0 saturated heterocycles. The SMILES string of the molecule is Cc1cc(C)c(NC(=S)Nc2ccc([N+](=O)[O-])cc2)c(C)c1. The molecule has 5 nitrogen and oxygen atoms in total. The van der Waals surface area contributed by atoms with Gasteiger partial charge in [-0.2, -0.15) is 0 Å². The molecule has 0 unspecified atom stereocenters. The summed E-state index contributed by atoms with van der Waals surface area (Å²) < 4.78 is 0. The Labute approximate surface area is 134 Å². The lowest BCUT2D eigenvalue weighted by Crippen LogP contribution is -2.20. The van der Waals surface area contributed by atoms with Gasteiger partial charge in [0.15, 0.2) is 5.11 Å². The molecule has 2 aromatic carbocycles. The Morgan fingerprint density at radius 2 is 1.59 bits per heavy atom. The molecule has 2 rings (SSSR count). The van der Waals surface area contributed by atoms with Crippen molar-refractivity contribution >= 4 is 34.4 Å². The van der Waals surface area contributed by atoms with Gasteiger partial charge < -0.3 is 10.6 Å². The van der Waals surface area contributed by atoms with Crippen LogP contribution < -0.4 is 10.6 Å². The average molecular weight is 315 g/mol. The van der Waals surface area contributed by atoms with Crippen molar-refractivity contribution in [1.82, 2.24) is 0 Å². The third-order valence-corrected chi connectivity index (χ3v) is 3.46. The van der Waals surface area contributed by atoms with E-state index in [0.717, 1.165) is 16.8 Å². The molecule has 0 aromatic heterocycles. The summed E-state index contributed by atoms with van der Waals surface area (Å²) in [5.41, 5.74) is 5.16. The lowest BCUT2D eigenvalue weighted by molar-refractivity contribution is -0.384. The first kappa shape index (κ1) is 15.9. The van der Waals surface area contributed by atoms with Crippen LogP contribution in [0.1, 0.15) is 16.7 Å². The lowest BCUT2D eigenvalue weighted by atomic mass is 10.1. The van der Waals surface area contributed by atoms with Crippen molar-refractivity contribution < 1.29 is 4.92 Å². The lowest BCUT2D eigenvalue weighted by Gasteiger charge is -2.15. The number of thiocarbonyl (C=S) groups is 1. The first-order valence-electron chi connectivity index (χ1n) is 6.77. The second-order valence-corrected chi connectivity index (χ2v) is 5.57. The second-order valence-electron chi connectivity index (χ2n) is 5.16. The number of nitro groups is 1. The molecular formula is C16H17N3O2S. The van der Waals surface area contributed by atoms with Crippen LogP contribution in [0.5, 0.6) is 0 Å². The third kappa shape index (κ3) is 3.79. The summed E-state index contributed by atoms with van der Waals surface area (Å²) in [4.78, 5) is 10.2. The van der Waals surface area contributed by atoms with E-state index in [-0.39, 0.29) is 5.69 Å². The molecule has 0 aliphatic carbocycles. The van der Waals surface area contributed by atoms with Gasteiger partial charge in [0.2, 0.25) is 0 Å². The highest BCUT2D eigenvalue weighted by atomic mass is 32.1. The van der Waals surface area contributed by atoms with E-state index in [1.807, 2.05) is 13.8 Å². The Morgan fingerprint density at radius 1 is 1.05 bits per heavy atom. The van der Waals surface area contributed by atoms with Crippen LogP contribution in [0.25, 0.3) is 0 Å². The minimum atomic E-state index is -0.431. The van der Waals surface area contributed by atoms with Crippen LogP contribution in [0.3, 0.4) is 0 Å². The maximum absolute atomic E-state index is 10.6. The third-order valence-electron chi connectivity index (χ3n) is 3.25. The maximum atomic E-state index is 10.6. The van der Waals surface area contributed by atoms with Crippen LogP contribution in [0.15, 0.2) is 36.4 Å². The van der Waals surface area contributed by atoms with Gasteiger partial charge in [0, 0.05) is 23.5 Å². The molecule has 0 aliphatic heterocycles. The zero-order valence-corrected chi connectivity index (χ0v) is 13.5. The molecule has 2 aromatic rings. The van der Waals surface area contributed by atoms with E-state index in [4.69, 9.17) is 12.2 Å².